The Labute approximate surface area is 273 Å². The van der Waals surface area contributed by atoms with Gasteiger partial charge in [0, 0.05) is 6.92 Å². The van der Waals surface area contributed by atoms with Gasteiger partial charge in [-0.15, -0.1) is 0 Å². The summed E-state index contributed by atoms with van der Waals surface area (Å²) in [7, 11) is 0. The number of aliphatic hydroxyl groups excluding tert-OH is 13. The van der Waals surface area contributed by atoms with E-state index in [0.29, 0.717) is 0 Å². The van der Waals surface area contributed by atoms with E-state index in [1.165, 1.54) is 0 Å². The molecule has 3 saturated heterocycles. The summed E-state index contributed by atoms with van der Waals surface area (Å²) in [5.41, 5.74) is 0. The third kappa shape index (κ3) is 9.51. The van der Waals surface area contributed by atoms with E-state index in [9.17, 15) is 66.1 Å². The quantitative estimate of drug-likeness (QED) is 0.0661. The van der Waals surface area contributed by atoms with Gasteiger partial charge < -0.3 is 105 Å². The molecule has 10 unspecified atom stereocenters. The van der Waals surface area contributed by atoms with Crippen molar-refractivity contribution in [1.82, 2.24) is 5.32 Å². The molecule has 3 fully saturated rings. The predicted octanol–water partition coefficient (Wildman–Crippen LogP) is -9.36. The summed E-state index contributed by atoms with van der Waals surface area (Å²) in [4.78, 5) is 12.1. The number of rotatable bonds is 16. The van der Waals surface area contributed by atoms with Crippen molar-refractivity contribution in [3.63, 3.8) is 0 Å². The highest BCUT2D eigenvalue weighted by atomic mass is 16.8. The number of nitrogens with one attached hydrogen (secondary N) is 1. The van der Waals surface area contributed by atoms with Crippen molar-refractivity contribution in [3.05, 3.63) is 0 Å². The minimum absolute atomic E-state index is 0.747. The number of hydrogen-bond acceptors (Lipinski definition) is 21. The van der Waals surface area contributed by atoms with Crippen LogP contribution < -0.4 is 5.32 Å². The van der Waals surface area contributed by atoms with Gasteiger partial charge in [-0.05, 0) is 0 Å². The fourth-order valence-corrected chi connectivity index (χ4v) is 5.47. The Morgan fingerprint density at radius 3 is 1.79 bits per heavy atom. The molecule has 0 aliphatic carbocycles. The van der Waals surface area contributed by atoms with Crippen LogP contribution in [0.25, 0.3) is 0 Å². The zero-order valence-corrected chi connectivity index (χ0v) is 25.7. The molecule has 3 heterocycles. The van der Waals surface area contributed by atoms with Crippen molar-refractivity contribution in [2.45, 2.75) is 117 Å². The van der Waals surface area contributed by atoms with Crippen LogP contribution in [0.3, 0.4) is 0 Å². The van der Waals surface area contributed by atoms with Crippen LogP contribution in [0.4, 0.5) is 0 Å². The standard InChI is InChI=1S/C26H47NO21/c1-8(34)27-15-17(37)21(46-14(7-33)42-10(3-29)9(35)2-28)13(6-32)45-25(15)48-23-16(36)11(4-30)44-26(20(23)40)47-22-12(5-31)43-24(41)19(39)18(22)38/h9-26,28-33,35-41H,2-7H2,1H3,(H,27,34)/t9-,10?,11?,12?,13?,14+,15?,16+,17?,18?,19?,20?,21-,22-,23?,24-,25+,26+/m1/s1. The van der Waals surface area contributed by atoms with E-state index in [4.69, 9.17) is 38.3 Å². The third-order valence-electron chi connectivity index (χ3n) is 8.05. The lowest BCUT2D eigenvalue weighted by Crippen LogP contribution is -2.69. The maximum Gasteiger partial charge on any atom is 0.217 e. The normalized spacial score (nSPS) is 42.6. The number of amides is 1. The summed E-state index contributed by atoms with van der Waals surface area (Å²) in [6, 6.07) is -1.59. The van der Waals surface area contributed by atoms with Crippen LogP contribution in [0.2, 0.25) is 0 Å². The second-order valence-electron chi connectivity index (χ2n) is 11.4. The van der Waals surface area contributed by atoms with Crippen molar-refractivity contribution >= 4 is 5.91 Å². The fourth-order valence-electron chi connectivity index (χ4n) is 5.47. The van der Waals surface area contributed by atoms with Gasteiger partial charge in [0.05, 0.1) is 39.6 Å². The van der Waals surface area contributed by atoms with Crippen molar-refractivity contribution in [1.29, 1.82) is 0 Å². The highest BCUT2D eigenvalue weighted by molar-refractivity contribution is 5.73. The first kappa shape index (κ1) is 41.1. The van der Waals surface area contributed by atoms with Crippen LogP contribution in [0.15, 0.2) is 0 Å². The van der Waals surface area contributed by atoms with Gasteiger partial charge in [0.1, 0.15) is 85.4 Å². The summed E-state index contributed by atoms with van der Waals surface area (Å²) in [6.45, 7) is -4.11. The van der Waals surface area contributed by atoms with Gasteiger partial charge in [-0.3, -0.25) is 4.79 Å². The number of aliphatic hydroxyl groups is 13. The molecule has 0 saturated carbocycles. The molecule has 0 aromatic heterocycles. The molecular formula is C26H47NO21. The molecule has 0 spiro atoms. The average Bonchev–Trinajstić information content (AvgIpc) is 3.07. The molecule has 282 valence electrons. The fraction of sp³-hybridized carbons (Fsp3) is 0.962. The Morgan fingerprint density at radius 1 is 0.667 bits per heavy atom. The van der Waals surface area contributed by atoms with Crippen LogP contribution in [0.5, 0.6) is 0 Å². The molecule has 22 nitrogen and oxygen atoms in total. The van der Waals surface area contributed by atoms with Crippen LogP contribution in [0.1, 0.15) is 6.92 Å². The Balaban J connectivity index is 1.85. The van der Waals surface area contributed by atoms with Crippen LogP contribution in [-0.2, 0) is 38.0 Å². The molecule has 3 aliphatic rings. The van der Waals surface area contributed by atoms with Gasteiger partial charge in [0.25, 0.3) is 0 Å². The first-order chi connectivity index (χ1) is 22.8. The van der Waals surface area contributed by atoms with E-state index < -0.39 is 156 Å². The smallest absolute Gasteiger partial charge is 0.217 e. The molecule has 18 atom stereocenters. The largest absolute Gasteiger partial charge is 0.394 e. The Bertz CT molecular complexity index is 967. The Kier molecular flexibility index (Phi) is 16.1. The predicted molar refractivity (Wildman–Crippen MR) is 148 cm³/mol. The molecular weight excluding hydrogens is 662 g/mol. The van der Waals surface area contributed by atoms with Crippen molar-refractivity contribution in [3.8, 4) is 0 Å². The first-order valence-electron chi connectivity index (χ1n) is 15.0. The molecule has 1 amide bonds. The van der Waals surface area contributed by atoms with E-state index in [0.717, 1.165) is 6.92 Å². The van der Waals surface area contributed by atoms with Gasteiger partial charge in [-0.1, -0.05) is 0 Å². The summed E-state index contributed by atoms with van der Waals surface area (Å²) in [5.74, 6) is -0.747. The molecule has 22 heteroatoms. The van der Waals surface area contributed by atoms with Crippen LogP contribution in [-0.4, -0.2) is 222 Å². The zero-order chi connectivity index (χ0) is 35.9. The second-order valence-corrected chi connectivity index (χ2v) is 11.4. The molecule has 14 N–H and O–H groups in total. The zero-order valence-electron chi connectivity index (χ0n) is 25.7. The van der Waals surface area contributed by atoms with E-state index >= 15 is 0 Å². The lowest BCUT2D eigenvalue weighted by atomic mass is 9.95. The van der Waals surface area contributed by atoms with Gasteiger partial charge in [-0.2, -0.15) is 0 Å². The molecule has 48 heavy (non-hydrogen) atoms. The van der Waals surface area contributed by atoms with Gasteiger partial charge in [-0.25, -0.2) is 0 Å². The minimum atomic E-state index is -2.01. The van der Waals surface area contributed by atoms with E-state index in [1.807, 2.05) is 0 Å². The Morgan fingerprint density at radius 2 is 1.25 bits per heavy atom. The SMILES string of the molecule is CC(=O)NC1C(O)[C@H](O[C@@H](CO)OC(CO)[C@H](O)CO)C(CO)O[C@H]1OC1C(O)[C@H](O[C@@H]2C(CO)O[C@@H](O)C(O)C2O)OC(CO)[C@@H]1O. The Hall–Kier alpha value is -1.33. The van der Waals surface area contributed by atoms with Crippen molar-refractivity contribution < 1.29 is 104 Å². The van der Waals surface area contributed by atoms with Crippen LogP contribution >= 0.6 is 0 Å². The maximum atomic E-state index is 12.1. The first-order valence-corrected chi connectivity index (χ1v) is 15.0. The summed E-state index contributed by atoms with van der Waals surface area (Å²) < 4.78 is 38.4. The van der Waals surface area contributed by atoms with Crippen molar-refractivity contribution in [2.24, 2.45) is 0 Å². The summed E-state index contributed by atoms with van der Waals surface area (Å²) in [5, 5.41) is 134. The lowest BCUT2D eigenvalue weighted by Gasteiger charge is -2.49. The summed E-state index contributed by atoms with van der Waals surface area (Å²) >= 11 is 0. The molecule has 0 aromatic carbocycles. The highest BCUT2D eigenvalue weighted by Gasteiger charge is 2.54. The van der Waals surface area contributed by atoms with Crippen LogP contribution in [0, 0.1) is 0 Å². The lowest BCUT2D eigenvalue weighted by molar-refractivity contribution is -0.376. The number of carbonyl (C=O) groups excluding carboxylic acids is 1. The van der Waals surface area contributed by atoms with E-state index in [1.54, 1.807) is 0 Å². The van der Waals surface area contributed by atoms with Gasteiger partial charge >= 0.3 is 0 Å². The van der Waals surface area contributed by atoms with E-state index in [2.05, 4.69) is 5.32 Å². The molecule has 3 aliphatic heterocycles. The monoisotopic (exact) mass is 709 g/mol. The van der Waals surface area contributed by atoms with Gasteiger partial charge in [0.15, 0.2) is 25.2 Å². The molecule has 0 radical (unpaired) electrons. The molecule has 0 aromatic rings. The minimum Gasteiger partial charge on any atom is -0.394 e. The average molecular weight is 710 g/mol. The molecule has 3 rings (SSSR count). The second kappa shape index (κ2) is 18.8. The highest BCUT2D eigenvalue weighted by Crippen LogP contribution is 2.33. The number of carbonyl (C=O) groups is 1. The van der Waals surface area contributed by atoms with Gasteiger partial charge in [0.2, 0.25) is 5.91 Å². The number of ether oxygens (including phenoxy) is 7. The summed E-state index contributed by atoms with van der Waals surface area (Å²) in [6.07, 6.45) is -29.3. The van der Waals surface area contributed by atoms with E-state index in [-0.39, 0.29) is 0 Å². The van der Waals surface area contributed by atoms with Crippen molar-refractivity contribution in [2.75, 3.05) is 39.6 Å². The molecule has 0 bridgehead atoms. The number of hydrogen-bond donors (Lipinski definition) is 14. The third-order valence-corrected chi connectivity index (χ3v) is 8.05. The topological polar surface area (TPSA) is 357 Å². The maximum absolute atomic E-state index is 12.1.